The summed E-state index contributed by atoms with van der Waals surface area (Å²) < 4.78 is 0. The molecular weight excluding hydrogens is 250 g/mol. The molecule has 1 rings (SSSR count). The first-order chi connectivity index (χ1) is 8.56. The van der Waals surface area contributed by atoms with Crippen molar-refractivity contribution in [1.82, 2.24) is 0 Å². The van der Waals surface area contributed by atoms with Crippen molar-refractivity contribution in [2.24, 2.45) is 0 Å². The molecule has 5 heteroatoms. The van der Waals surface area contributed by atoms with Crippen molar-refractivity contribution < 1.29 is 10.0 Å². The molecule has 1 aromatic carbocycles. The molecule has 1 unspecified atom stereocenters. The van der Waals surface area contributed by atoms with Crippen LogP contribution in [0.3, 0.4) is 0 Å². The Labute approximate surface area is 111 Å². The normalized spacial score (nSPS) is 11.5. The minimum absolute atomic E-state index is 0.0708. The van der Waals surface area contributed by atoms with Gasteiger partial charge in [-0.1, -0.05) is 18.8 Å². The van der Waals surface area contributed by atoms with Gasteiger partial charge in [0.15, 0.2) is 0 Å². The van der Waals surface area contributed by atoms with Crippen LogP contribution >= 0.6 is 11.8 Å². The topological polar surface area (TPSA) is 63.4 Å². The predicted octanol–water partition coefficient (Wildman–Crippen LogP) is 2.75. The van der Waals surface area contributed by atoms with Crippen LogP contribution in [-0.4, -0.2) is 21.5 Å². The van der Waals surface area contributed by atoms with Crippen molar-refractivity contribution in [3.63, 3.8) is 0 Å². The van der Waals surface area contributed by atoms with Crippen LogP contribution in [0.5, 0.6) is 0 Å². The van der Waals surface area contributed by atoms with Gasteiger partial charge in [-0.25, -0.2) is 0 Å². The van der Waals surface area contributed by atoms with Crippen molar-refractivity contribution in [3.05, 3.63) is 39.4 Å². The molecule has 0 saturated heterocycles. The molecule has 18 heavy (non-hydrogen) atoms. The van der Waals surface area contributed by atoms with Gasteiger partial charge in [-0.3, -0.25) is 10.1 Å². The van der Waals surface area contributed by atoms with E-state index in [4.69, 9.17) is 0 Å². The van der Waals surface area contributed by atoms with E-state index in [0.717, 1.165) is 11.5 Å². The molecule has 0 aliphatic rings. The molecule has 1 aromatic rings. The van der Waals surface area contributed by atoms with Crippen LogP contribution in [-0.2, 0) is 0 Å². The van der Waals surface area contributed by atoms with Crippen LogP contribution < -0.4 is 0 Å². The lowest BCUT2D eigenvalue weighted by Gasteiger charge is -2.05. The standard InChI is InChI=1S/C13H15NO3S/c1-3-18-8-4-5-11-6-7-13(14(16)17)12(9-11)10(2)15/h6-7,9-10,15H,3,8H2,1-2H3. The molecule has 0 aliphatic heterocycles. The molecule has 1 atom stereocenters. The Bertz CT molecular complexity index is 489. The van der Waals surface area contributed by atoms with E-state index in [0.29, 0.717) is 11.1 Å². The lowest BCUT2D eigenvalue weighted by atomic mass is 10.0. The first-order valence-corrected chi connectivity index (χ1v) is 6.74. The Kier molecular flexibility index (Phi) is 5.69. The Balaban J connectivity index is 2.99. The number of nitro groups is 1. The third-order valence-corrected chi connectivity index (χ3v) is 3.04. The maximum atomic E-state index is 10.8. The van der Waals surface area contributed by atoms with E-state index in [9.17, 15) is 15.2 Å². The number of aliphatic hydroxyl groups excluding tert-OH is 1. The SMILES string of the molecule is CCSCC#Cc1ccc([N+](=O)[O-])c(C(C)O)c1. The van der Waals surface area contributed by atoms with Crippen LogP contribution in [0.25, 0.3) is 0 Å². The predicted molar refractivity (Wildman–Crippen MR) is 73.6 cm³/mol. The van der Waals surface area contributed by atoms with Gasteiger partial charge < -0.3 is 5.11 Å². The zero-order valence-corrected chi connectivity index (χ0v) is 11.2. The van der Waals surface area contributed by atoms with E-state index in [2.05, 4.69) is 18.8 Å². The molecular formula is C13H15NO3S. The zero-order chi connectivity index (χ0) is 13.5. The van der Waals surface area contributed by atoms with E-state index >= 15 is 0 Å². The number of aliphatic hydroxyl groups is 1. The van der Waals surface area contributed by atoms with Crippen LogP contribution in [0.4, 0.5) is 5.69 Å². The Morgan fingerprint density at radius 2 is 2.28 bits per heavy atom. The van der Waals surface area contributed by atoms with Crippen LogP contribution in [0.2, 0.25) is 0 Å². The van der Waals surface area contributed by atoms with E-state index in [-0.39, 0.29) is 5.69 Å². The fourth-order valence-corrected chi connectivity index (χ4v) is 1.80. The molecule has 0 spiro atoms. The molecule has 0 radical (unpaired) electrons. The number of nitrogens with zero attached hydrogens (tertiary/aromatic N) is 1. The lowest BCUT2D eigenvalue weighted by Crippen LogP contribution is -1.99. The summed E-state index contributed by atoms with van der Waals surface area (Å²) >= 11 is 1.71. The molecule has 0 aliphatic carbocycles. The van der Waals surface area contributed by atoms with Gasteiger partial charge in [0.05, 0.1) is 22.3 Å². The highest BCUT2D eigenvalue weighted by Gasteiger charge is 2.17. The van der Waals surface area contributed by atoms with Gasteiger partial charge in [0.1, 0.15) is 0 Å². The molecule has 0 bridgehead atoms. The second kappa shape index (κ2) is 7.04. The Hall–Kier alpha value is -1.51. The summed E-state index contributed by atoms with van der Waals surface area (Å²) in [5, 5.41) is 20.3. The van der Waals surface area contributed by atoms with Gasteiger partial charge in [0.25, 0.3) is 5.69 Å². The lowest BCUT2D eigenvalue weighted by molar-refractivity contribution is -0.386. The smallest absolute Gasteiger partial charge is 0.275 e. The number of hydrogen-bond acceptors (Lipinski definition) is 4. The first-order valence-electron chi connectivity index (χ1n) is 5.59. The van der Waals surface area contributed by atoms with E-state index in [1.165, 1.54) is 13.0 Å². The van der Waals surface area contributed by atoms with Gasteiger partial charge in [-0.15, -0.1) is 11.8 Å². The minimum Gasteiger partial charge on any atom is -0.388 e. The second-order valence-corrected chi connectivity index (χ2v) is 4.92. The fourth-order valence-electron chi connectivity index (χ4n) is 1.42. The quantitative estimate of drug-likeness (QED) is 0.393. The average Bonchev–Trinajstić information content (AvgIpc) is 2.34. The summed E-state index contributed by atoms with van der Waals surface area (Å²) in [5.74, 6) is 7.66. The van der Waals surface area contributed by atoms with Gasteiger partial charge in [-0.05, 0) is 24.8 Å². The summed E-state index contributed by atoms with van der Waals surface area (Å²) in [4.78, 5) is 10.3. The molecule has 0 heterocycles. The van der Waals surface area contributed by atoms with Crippen LogP contribution in [0.15, 0.2) is 18.2 Å². The minimum atomic E-state index is -0.878. The molecule has 0 aromatic heterocycles. The zero-order valence-electron chi connectivity index (χ0n) is 10.3. The van der Waals surface area contributed by atoms with Gasteiger partial charge >= 0.3 is 0 Å². The van der Waals surface area contributed by atoms with Crippen molar-refractivity contribution >= 4 is 17.4 Å². The maximum Gasteiger partial charge on any atom is 0.275 e. The summed E-state index contributed by atoms with van der Waals surface area (Å²) in [7, 11) is 0. The van der Waals surface area contributed by atoms with E-state index in [1.54, 1.807) is 23.9 Å². The molecule has 96 valence electrons. The highest BCUT2D eigenvalue weighted by molar-refractivity contribution is 7.99. The Morgan fingerprint density at radius 1 is 1.56 bits per heavy atom. The van der Waals surface area contributed by atoms with Crippen molar-refractivity contribution in [1.29, 1.82) is 0 Å². The first kappa shape index (κ1) is 14.6. The van der Waals surface area contributed by atoms with Crippen molar-refractivity contribution in [2.45, 2.75) is 20.0 Å². The number of thioether (sulfide) groups is 1. The highest BCUT2D eigenvalue weighted by Crippen LogP contribution is 2.25. The largest absolute Gasteiger partial charge is 0.388 e. The third-order valence-electron chi connectivity index (χ3n) is 2.29. The fraction of sp³-hybridized carbons (Fsp3) is 0.385. The number of nitro benzene ring substituents is 1. The van der Waals surface area contributed by atoms with Crippen LogP contribution in [0, 0.1) is 22.0 Å². The van der Waals surface area contributed by atoms with E-state index < -0.39 is 11.0 Å². The second-order valence-electron chi connectivity index (χ2n) is 3.65. The van der Waals surface area contributed by atoms with Gasteiger partial charge in [-0.2, -0.15) is 0 Å². The van der Waals surface area contributed by atoms with Gasteiger partial charge in [0, 0.05) is 11.6 Å². The van der Waals surface area contributed by atoms with Crippen molar-refractivity contribution in [2.75, 3.05) is 11.5 Å². The number of benzene rings is 1. The third kappa shape index (κ3) is 4.06. The van der Waals surface area contributed by atoms with Gasteiger partial charge in [0.2, 0.25) is 0 Å². The molecule has 0 fully saturated rings. The molecule has 1 N–H and O–H groups in total. The summed E-state index contributed by atoms with van der Waals surface area (Å²) in [5.41, 5.74) is 0.918. The monoisotopic (exact) mass is 265 g/mol. The average molecular weight is 265 g/mol. The van der Waals surface area contributed by atoms with Crippen molar-refractivity contribution in [3.8, 4) is 11.8 Å². The van der Waals surface area contributed by atoms with E-state index in [1.807, 2.05) is 0 Å². The summed E-state index contributed by atoms with van der Waals surface area (Å²) in [6, 6.07) is 4.57. The summed E-state index contributed by atoms with van der Waals surface area (Å²) in [6.45, 7) is 3.57. The number of hydrogen-bond donors (Lipinski definition) is 1. The van der Waals surface area contributed by atoms with Crippen LogP contribution in [0.1, 0.15) is 31.1 Å². The molecule has 0 saturated carbocycles. The molecule has 4 nitrogen and oxygen atoms in total. The molecule has 0 amide bonds. The summed E-state index contributed by atoms with van der Waals surface area (Å²) in [6.07, 6.45) is -0.878. The Morgan fingerprint density at radius 3 is 2.83 bits per heavy atom. The maximum absolute atomic E-state index is 10.8. The number of rotatable bonds is 4. The highest BCUT2D eigenvalue weighted by atomic mass is 32.2.